The maximum absolute atomic E-state index is 11.3. The van der Waals surface area contributed by atoms with Gasteiger partial charge in [-0.15, -0.1) is 0 Å². The van der Waals surface area contributed by atoms with Crippen LogP contribution in [0.3, 0.4) is 0 Å². The number of likely N-dealkylation sites (N-methyl/N-ethyl adjacent to an activating group) is 1. The van der Waals surface area contributed by atoms with Crippen molar-refractivity contribution in [2.75, 3.05) is 37.8 Å². The second kappa shape index (κ2) is 12.9. The number of hydrogen-bond acceptors (Lipinski definition) is 9. The van der Waals surface area contributed by atoms with Gasteiger partial charge in [-0.3, -0.25) is 10.1 Å². The molecular weight excluding hydrogens is 446 g/mol. The van der Waals surface area contributed by atoms with E-state index in [1.54, 1.807) is 19.3 Å². The van der Waals surface area contributed by atoms with Crippen LogP contribution < -0.4 is 20.7 Å². The summed E-state index contributed by atoms with van der Waals surface area (Å²) in [5, 5.41) is 10.1. The van der Waals surface area contributed by atoms with Crippen molar-refractivity contribution in [3.05, 3.63) is 30.6 Å². The monoisotopic (exact) mass is 483 g/mol. The Morgan fingerprint density at radius 3 is 2.63 bits per heavy atom. The predicted molar refractivity (Wildman–Crippen MR) is 138 cm³/mol. The molecule has 0 aliphatic heterocycles. The van der Waals surface area contributed by atoms with Crippen molar-refractivity contribution >= 4 is 34.7 Å². The van der Waals surface area contributed by atoms with Gasteiger partial charge >= 0.3 is 0 Å². The Morgan fingerprint density at radius 2 is 1.91 bits per heavy atom. The quantitative estimate of drug-likeness (QED) is 0.412. The highest BCUT2D eigenvalue weighted by Crippen LogP contribution is 2.29. The average Bonchev–Trinajstić information content (AvgIpc) is 3.28. The molecule has 4 rings (SSSR count). The van der Waals surface area contributed by atoms with E-state index >= 15 is 0 Å². The molecule has 0 spiro atoms. The number of aromatic nitrogens is 3. The number of ether oxygens (including phenoxy) is 1. The number of oxazole rings is 1. The lowest BCUT2D eigenvalue weighted by molar-refractivity contribution is -0.120. The van der Waals surface area contributed by atoms with Gasteiger partial charge in [-0.25, -0.2) is 9.97 Å². The van der Waals surface area contributed by atoms with Gasteiger partial charge in [0.25, 0.3) is 6.01 Å². The first-order valence-electron chi connectivity index (χ1n) is 12.3. The van der Waals surface area contributed by atoms with E-state index < -0.39 is 0 Å². The summed E-state index contributed by atoms with van der Waals surface area (Å²) in [6, 6.07) is 6.51. The number of anilines is 3. The van der Waals surface area contributed by atoms with Crippen LogP contribution in [0.1, 0.15) is 46.5 Å². The number of hydrogen-bond donors (Lipinski definition) is 3. The lowest BCUT2D eigenvalue weighted by Gasteiger charge is -2.29. The molecule has 1 fully saturated rings. The van der Waals surface area contributed by atoms with Crippen LogP contribution in [0.4, 0.5) is 17.8 Å². The van der Waals surface area contributed by atoms with E-state index in [1.807, 2.05) is 46.1 Å². The van der Waals surface area contributed by atoms with Crippen molar-refractivity contribution in [2.45, 2.75) is 58.6 Å². The zero-order valence-electron chi connectivity index (χ0n) is 21.3. The van der Waals surface area contributed by atoms with Gasteiger partial charge in [0.2, 0.25) is 17.7 Å². The van der Waals surface area contributed by atoms with E-state index in [1.165, 1.54) is 0 Å². The fourth-order valence-electron chi connectivity index (χ4n) is 3.89. The molecule has 1 amide bonds. The highest BCUT2D eigenvalue weighted by Gasteiger charge is 2.23. The van der Waals surface area contributed by atoms with Crippen LogP contribution in [0.15, 0.2) is 35.0 Å². The summed E-state index contributed by atoms with van der Waals surface area (Å²) in [5.41, 5.74) is 0.739. The molecule has 0 radical (unpaired) electrons. The molecule has 3 aromatic rings. The highest BCUT2D eigenvalue weighted by atomic mass is 16.5. The Hall–Kier alpha value is -3.40. The molecule has 0 unspecified atom stereocenters. The van der Waals surface area contributed by atoms with Crippen molar-refractivity contribution in [1.29, 1.82) is 0 Å². The minimum atomic E-state index is 0.0216. The zero-order chi connectivity index (χ0) is 25.2. The molecule has 0 atom stereocenters. The Morgan fingerprint density at radius 1 is 1.14 bits per heavy atom. The summed E-state index contributed by atoms with van der Waals surface area (Å²) >= 11 is 0. The van der Waals surface area contributed by atoms with Crippen LogP contribution in [0.5, 0.6) is 5.75 Å². The van der Waals surface area contributed by atoms with Crippen LogP contribution in [-0.2, 0) is 4.79 Å². The van der Waals surface area contributed by atoms with E-state index in [-0.39, 0.29) is 18.1 Å². The molecule has 2 aromatic heterocycles. The fraction of sp³-hybridized carbons (Fsp3) is 0.520. The van der Waals surface area contributed by atoms with E-state index in [2.05, 4.69) is 35.8 Å². The first-order chi connectivity index (χ1) is 17.0. The van der Waals surface area contributed by atoms with Gasteiger partial charge in [-0.05, 0) is 45.8 Å². The maximum atomic E-state index is 11.3. The predicted octanol–water partition coefficient (Wildman–Crippen LogP) is 4.19. The zero-order valence-corrected chi connectivity index (χ0v) is 21.3. The minimum absolute atomic E-state index is 0.0216. The van der Waals surface area contributed by atoms with Gasteiger partial charge < -0.3 is 24.7 Å². The topological polar surface area (TPSA) is 117 Å². The second-order valence-corrected chi connectivity index (χ2v) is 8.56. The molecule has 190 valence electrons. The Kier molecular flexibility index (Phi) is 9.66. The van der Waals surface area contributed by atoms with Gasteiger partial charge in [0.05, 0.1) is 12.3 Å². The van der Waals surface area contributed by atoms with Crippen LogP contribution in [0.25, 0.3) is 10.9 Å². The number of nitrogens with one attached hydrogen (secondary N) is 3. The number of fused-ring (bicyclic) bond motifs is 1. The third-order valence-electron chi connectivity index (χ3n) is 5.53. The van der Waals surface area contributed by atoms with E-state index in [0.29, 0.717) is 17.8 Å². The molecule has 10 heteroatoms. The molecule has 35 heavy (non-hydrogen) atoms. The van der Waals surface area contributed by atoms with Crippen molar-refractivity contribution in [3.8, 4) is 5.75 Å². The molecule has 1 aromatic carbocycles. The number of benzene rings is 1. The molecule has 1 saturated carbocycles. The molecule has 2 heterocycles. The number of nitrogens with zero attached hydrogens (tertiary/aromatic N) is 4. The summed E-state index contributed by atoms with van der Waals surface area (Å²) in [7, 11) is 4.02. The van der Waals surface area contributed by atoms with E-state index in [9.17, 15) is 4.79 Å². The first kappa shape index (κ1) is 26.2. The van der Waals surface area contributed by atoms with Crippen LogP contribution in [0, 0.1) is 0 Å². The number of amides is 1. The average molecular weight is 484 g/mol. The fourth-order valence-corrected chi connectivity index (χ4v) is 3.89. The molecule has 3 N–H and O–H groups in total. The first-order valence-corrected chi connectivity index (χ1v) is 12.3. The molecular formula is C25H37N7O3. The Labute approximate surface area is 206 Å². The van der Waals surface area contributed by atoms with Crippen molar-refractivity contribution in [1.82, 2.24) is 25.2 Å². The Balaban J connectivity index is 0.00000167. The van der Waals surface area contributed by atoms with E-state index in [4.69, 9.17) is 9.15 Å². The van der Waals surface area contributed by atoms with Gasteiger partial charge in [-0.2, -0.15) is 4.98 Å². The van der Waals surface area contributed by atoms with Gasteiger partial charge in [0.15, 0.2) is 0 Å². The molecule has 0 bridgehead atoms. The third kappa shape index (κ3) is 7.81. The summed E-state index contributed by atoms with van der Waals surface area (Å²) < 4.78 is 12.0. The second-order valence-electron chi connectivity index (χ2n) is 8.56. The Bertz CT molecular complexity index is 1080. The van der Waals surface area contributed by atoms with Crippen molar-refractivity contribution in [2.24, 2.45) is 0 Å². The van der Waals surface area contributed by atoms with Gasteiger partial charge in [0.1, 0.15) is 11.3 Å². The lowest BCUT2D eigenvalue weighted by Crippen LogP contribution is -2.38. The molecule has 0 saturated heterocycles. The van der Waals surface area contributed by atoms with Crippen molar-refractivity contribution in [3.63, 3.8) is 0 Å². The summed E-state index contributed by atoms with van der Waals surface area (Å²) in [5.74, 6) is 1.61. The summed E-state index contributed by atoms with van der Waals surface area (Å²) in [4.78, 5) is 26.6. The molecule has 1 aliphatic rings. The SMILES string of the molecule is CC.CC(=O)NC1CCC(Oc2cccc3cnc(Nc4cnc(NCCN(C)C)o4)nc23)CC1. The van der Waals surface area contributed by atoms with E-state index in [0.717, 1.165) is 55.4 Å². The number of carbonyl (C=O) groups excluding carboxylic acids is 1. The number of carbonyl (C=O) groups is 1. The minimum Gasteiger partial charge on any atom is -0.488 e. The lowest BCUT2D eigenvalue weighted by atomic mass is 9.93. The van der Waals surface area contributed by atoms with Gasteiger partial charge in [-0.1, -0.05) is 26.0 Å². The third-order valence-corrected chi connectivity index (χ3v) is 5.53. The highest BCUT2D eigenvalue weighted by molar-refractivity contribution is 5.84. The number of para-hydroxylation sites is 1. The van der Waals surface area contributed by atoms with Crippen LogP contribution in [-0.4, -0.2) is 65.1 Å². The summed E-state index contributed by atoms with van der Waals surface area (Å²) in [6.45, 7) is 7.16. The smallest absolute Gasteiger partial charge is 0.296 e. The van der Waals surface area contributed by atoms with Crippen molar-refractivity contribution < 1.29 is 13.9 Å². The number of rotatable bonds is 9. The van der Waals surface area contributed by atoms with Crippen LogP contribution in [0.2, 0.25) is 0 Å². The largest absolute Gasteiger partial charge is 0.488 e. The van der Waals surface area contributed by atoms with Crippen LogP contribution >= 0.6 is 0 Å². The summed E-state index contributed by atoms with van der Waals surface area (Å²) in [6.07, 6.45) is 7.05. The molecule has 1 aliphatic carbocycles. The standard InChI is InChI=1S/C23H31N7O3.C2H6/c1-15(31)27-17-7-9-18(10-8-17)32-19-6-4-5-16-13-25-22(29-21(16)19)28-20-14-26-23(33-20)24-11-12-30(2)3;1-2/h4-6,13-14,17-18H,7-12H2,1-3H3,(H,24,26)(H,27,31)(H,25,28,29);1-2H3. The maximum Gasteiger partial charge on any atom is 0.296 e. The normalized spacial score (nSPS) is 17.4. The van der Waals surface area contributed by atoms with Gasteiger partial charge in [0, 0.05) is 37.6 Å². The molecule has 10 nitrogen and oxygen atoms in total.